The molecule has 0 bridgehead atoms. The lowest BCUT2D eigenvalue weighted by Crippen LogP contribution is -2.48. The number of nitrogens with one attached hydrogen (secondary N) is 2. The van der Waals surface area contributed by atoms with Crippen LogP contribution in [0.3, 0.4) is 0 Å². The monoisotopic (exact) mass is 346 g/mol. The van der Waals surface area contributed by atoms with Gasteiger partial charge in [0.2, 0.25) is 0 Å². The van der Waals surface area contributed by atoms with Crippen molar-refractivity contribution in [1.29, 1.82) is 0 Å². The minimum atomic E-state index is -0.441. The smallest absolute Gasteiger partial charge is 0.319 e. The molecule has 1 aliphatic heterocycles. The molecule has 0 spiro atoms. The molecule has 2 fully saturated rings. The molecule has 1 unspecified atom stereocenters. The lowest BCUT2D eigenvalue weighted by Gasteiger charge is -2.23. The number of halogens is 1. The Kier molecular flexibility index (Phi) is 3.91. The fraction of sp³-hybridized carbons (Fsp3) is 0.471. The van der Waals surface area contributed by atoms with Gasteiger partial charge in [0.05, 0.1) is 23.4 Å². The van der Waals surface area contributed by atoms with Crippen molar-refractivity contribution in [3.8, 4) is 11.5 Å². The summed E-state index contributed by atoms with van der Waals surface area (Å²) in [6.45, 7) is 3.00. The molecular weight excluding hydrogens is 327 g/mol. The molecule has 1 saturated carbocycles. The molecule has 2 amide bonds. The molecule has 1 aliphatic carbocycles. The van der Waals surface area contributed by atoms with Crippen LogP contribution in [-0.4, -0.2) is 34.9 Å². The lowest BCUT2D eigenvalue weighted by molar-refractivity contribution is 0.172. The minimum absolute atomic E-state index is 0.201. The summed E-state index contributed by atoms with van der Waals surface area (Å²) in [5, 5.41) is 9.58. The molecule has 2 N–H and O–H groups in total. The predicted octanol–water partition coefficient (Wildman–Crippen LogP) is 3.05. The lowest BCUT2D eigenvalue weighted by atomic mass is 10.0. The predicted molar refractivity (Wildman–Crippen MR) is 87.7 cm³/mol. The number of benzene rings is 1. The molecular formula is C17H19FN4O3. The van der Waals surface area contributed by atoms with Crippen LogP contribution in [-0.2, 0) is 4.74 Å². The molecule has 1 atom stereocenters. The van der Waals surface area contributed by atoms with E-state index >= 15 is 0 Å². The van der Waals surface area contributed by atoms with Gasteiger partial charge in [0, 0.05) is 12.5 Å². The van der Waals surface area contributed by atoms with Gasteiger partial charge in [-0.3, -0.25) is 0 Å². The third kappa shape index (κ3) is 3.48. The minimum Gasteiger partial charge on any atom is -0.379 e. The summed E-state index contributed by atoms with van der Waals surface area (Å²) in [6.07, 6.45) is 2.82. The third-order valence-electron chi connectivity index (χ3n) is 4.48. The molecule has 0 radical (unpaired) electrons. The zero-order valence-corrected chi connectivity index (χ0v) is 13.8. The maximum absolute atomic E-state index is 13.7. The number of rotatable bonds is 4. The van der Waals surface area contributed by atoms with Crippen LogP contribution >= 0.6 is 0 Å². The highest BCUT2D eigenvalue weighted by molar-refractivity contribution is 5.93. The molecule has 2 aromatic rings. The Morgan fingerprint density at radius 2 is 2.24 bits per heavy atom. The van der Waals surface area contributed by atoms with Gasteiger partial charge in [0.1, 0.15) is 5.82 Å². The first-order chi connectivity index (χ1) is 12.0. The summed E-state index contributed by atoms with van der Waals surface area (Å²) in [6, 6.07) is 3.65. The van der Waals surface area contributed by atoms with Gasteiger partial charge in [-0.25, -0.2) is 9.18 Å². The summed E-state index contributed by atoms with van der Waals surface area (Å²) in [5.41, 5.74) is 0.364. The Morgan fingerprint density at radius 1 is 1.40 bits per heavy atom. The van der Waals surface area contributed by atoms with E-state index in [4.69, 9.17) is 9.26 Å². The van der Waals surface area contributed by atoms with E-state index in [9.17, 15) is 9.18 Å². The highest BCUT2D eigenvalue weighted by Gasteiger charge is 2.32. The average Bonchev–Trinajstić information content (AvgIpc) is 3.15. The van der Waals surface area contributed by atoms with Gasteiger partial charge in [-0.2, -0.15) is 4.98 Å². The van der Waals surface area contributed by atoms with Crippen molar-refractivity contribution in [2.45, 2.75) is 37.6 Å². The number of nitrogens with zero attached hydrogens (tertiary/aromatic N) is 2. The van der Waals surface area contributed by atoms with Crippen LogP contribution in [0.1, 0.15) is 37.9 Å². The SMILES string of the molecule is CC1(NC(=O)Nc2ccc(F)cc2-c2nc(C3CC3)no2)CCOC1. The largest absolute Gasteiger partial charge is 0.379 e. The Hall–Kier alpha value is -2.48. The number of anilines is 1. The Bertz CT molecular complexity index is 797. The molecule has 7 nitrogen and oxygen atoms in total. The normalized spacial score (nSPS) is 22.8. The van der Waals surface area contributed by atoms with Gasteiger partial charge in [0.15, 0.2) is 5.82 Å². The first-order valence-electron chi connectivity index (χ1n) is 8.33. The van der Waals surface area contributed by atoms with E-state index in [1.807, 2.05) is 6.92 Å². The average molecular weight is 346 g/mol. The molecule has 1 aromatic heterocycles. The van der Waals surface area contributed by atoms with Crippen molar-refractivity contribution in [3.05, 3.63) is 29.8 Å². The standard InChI is InChI=1S/C17H19FN4O3/c1-17(6-7-24-9-17)21-16(23)19-13-5-4-11(18)8-12(13)15-20-14(22-25-15)10-2-3-10/h4-5,8,10H,2-3,6-7,9H2,1H3,(H2,19,21,23). The Labute approximate surface area is 143 Å². The number of carbonyl (C=O) groups is 1. The van der Waals surface area contributed by atoms with Gasteiger partial charge >= 0.3 is 6.03 Å². The fourth-order valence-electron chi connectivity index (χ4n) is 2.85. The third-order valence-corrected chi connectivity index (χ3v) is 4.48. The van der Waals surface area contributed by atoms with Gasteiger partial charge in [0.25, 0.3) is 5.89 Å². The van der Waals surface area contributed by atoms with Crippen molar-refractivity contribution in [2.24, 2.45) is 0 Å². The summed E-state index contributed by atoms with van der Waals surface area (Å²) in [7, 11) is 0. The van der Waals surface area contributed by atoms with Gasteiger partial charge in [-0.15, -0.1) is 0 Å². The first-order valence-corrected chi connectivity index (χ1v) is 8.33. The Balaban J connectivity index is 1.55. The van der Waals surface area contributed by atoms with Crippen LogP contribution in [0.25, 0.3) is 11.5 Å². The second kappa shape index (κ2) is 6.11. The highest BCUT2D eigenvalue weighted by Crippen LogP contribution is 2.39. The van der Waals surface area contributed by atoms with Crippen molar-refractivity contribution in [3.63, 3.8) is 0 Å². The van der Waals surface area contributed by atoms with Crippen LogP contribution < -0.4 is 10.6 Å². The maximum Gasteiger partial charge on any atom is 0.319 e. The second-order valence-corrected chi connectivity index (χ2v) is 6.86. The molecule has 8 heteroatoms. The zero-order valence-electron chi connectivity index (χ0n) is 13.8. The first kappa shape index (κ1) is 16.0. The van der Waals surface area contributed by atoms with E-state index in [0.29, 0.717) is 36.2 Å². The molecule has 1 saturated heterocycles. The number of ether oxygens (including phenoxy) is 1. The number of aromatic nitrogens is 2. The maximum atomic E-state index is 13.7. The fourth-order valence-corrected chi connectivity index (χ4v) is 2.85. The molecule has 2 aliphatic rings. The Morgan fingerprint density at radius 3 is 2.96 bits per heavy atom. The molecule has 1 aromatic carbocycles. The number of urea groups is 1. The van der Waals surface area contributed by atoms with Crippen molar-refractivity contribution in [1.82, 2.24) is 15.5 Å². The summed E-state index contributed by atoms with van der Waals surface area (Å²) < 4.78 is 24.3. The number of hydrogen-bond acceptors (Lipinski definition) is 5. The van der Waals surface area contributed by atoms with E-state index in [2.05, 4.69) is 20.8 Å². The van der Waals surface area contributed by atoms with Crippen molar-refractivity contribution in [2.75, 3.05) is 18.5 Å². The summed E-state index contributed by atoms with van der Waals surface area (Å²) >= 11 is 0. The van der Waals surface area contributed by atoms with Crippen LogP contribution in [0.15, 0.2) is 22.7 Å². The van der Waals surface area contributed by atoms with E-state index in [0.717, 1.165) is 19.3 Å². The van der Waals surface area contributed by atoms with E-state index in [1.54, 1.807) is 0 Å². The zero-order chi connectivity index (χ0) is 17.4. The quantitative estimate of drug-likeness (QED) is 0.888. The van der Waals surface area contributed by atoms with Crippen LogP contribution in [0.4, 0.5) is 14.9 Å². The van der Waals surface area contributed by atoms with Crippen molar-refractivity contribution >= 4 is 11.7 Å². The van der Waals surface area contributed by atoms with Crippen LogP contribution in [0.5, 0.6) is 0 Å². The molecule has 132 valence electrons. The van der Waals surface area contributed by atoms with E-state index in [1.165, 1.54) is 18.2 Å². The highest BCUT2D eigenvalue weighted by atomic mass is 19.1. The van der Waals surface area contributed by atoms with E-state index in [-0.39, 0.29) is 11.9 Å². The van der Waals surface area contributed by atoms with Crippen molar-refractivity contribution < 1.29 is 18.4 Å². The van der Waals surface area contributed by atoms with Gasteiger partial charge in [-0.1, -0.05) is 5.16 Å². The number of hydrogen-bond donors (Lipinski definition) is 2. The van der Waals surface area contributed by atoms with Crippen LogP contribution in [0, 0.1) is 5.82 Å². The van der Waals surface area contributed by atoms with Gasteiger partial charge < -0.3 is 19.9 Å². The summed E-state index contributed by atoms with van der Waals surface area (Å²) in [5.74, 6) is 0.716. The molecule has 25 heavy (non-hydrogen) atoms. The van der Waals surface area contributed by atoms with Crippen LogP contribution in [0.2, 0.25) is 0 Å². The van der Waals surface area contributed by atoms with E-state index < -0.39 is 11.4 Å². The topological polar surface area (TPSA) is 89.3 Å². The van der Waals surface area contributed by atoms with Gasteiger partial charge in [-0.05, 0) is 44.4 Å². The second-order valence-electron chi connectivity index (χ2n) is 6.86. The summed E-state index contributed by atoms with van der Waals surface area (Å²) in [4.78, 5) is 16.7. The molecule has 4 rings (SSSR count). The molecule has 2 heterocycles. The number of carbonyl (C=O) groups excluding carboxylic acids is 1. The number of amides is 2.